The standard InChI is InChI=1S/C32H37N3O7/c1-32(2,3)42-31(40)34-27(19-20-5-13-24(36)14-6-20)30(39)35(23-11-12-23)28(21-7-15-25(37)16-8-21)29(38)33-22-9-17-26(41-4)18-10-22/h5-10,13-18,23,27-28,36-37H,11-12,19H2,1-4H3,(H,33,38)(H,34,40). The van der Waals surface area contributed by atoms with Crippen molar-refractivity contribution in [2.75, 3.05) is 12.4 Å². The van der Waals surface area contributed by atoms with Crippen LogP contribution < -0.4 is 15.4 Å². The van der Waals surface area contributed by atoms with Gasteiger partial charge in [-0.3, -0.25) is 9.59 Å². The van der Waals surface area contributed by atoms with Crippen LogP contribution >= 0.6 is 0 Å². The van der Waals surface area contributed by atoms with E-state index >= 15 is 0 Å². The Morgan fingerprint density at radius 2 is 1.48 bits per heavy atom. The molecule has 0 radical (unpaired) electrons. The van der Waals surface area contributed by atoms with E-state index in [4.69, 9.17) is 9.47 Å². The molecule has 4 rings (SSSR count). The Bertz CT molecular complexity index is 1380. The number of phenolic OH excluding ortho intramolecular Hbond substituents is 2. The van der Waals surface area contributed by atoms with Gasteiger partial charge in [-0.15, -0.1) is 0 Å². The lowest BCUT2D eigenvalue weighted by Gasteiger charge is -2.35. The molecule has 0 saturated heterocycles. The molecule has 222 valence electrons. The van der Waals surface area contributed by atoms with Gasteiger partial charge >= 0.3 is 6.09 Å². The normalized spacial score (nSPS) is 14.3. The number of methoxy groups -OCH3 is 1. The smallest absolute Gasteiger partial charge is 0.408 e. The number of amides is 3. The van der Waals surface area contributed by atoms with Crippen molar-refractivity contribution in [2.24, 2.45) is 0 Å². The fourth-order valence-electron chi connectivity index (χ4n) is 4.55. The van der Waals surface area contributed by atoms with Crippen molar-refractivity contribution < 1.29 is 34.1 Å². The molecule has 3 aromatic carbocycles. The number of nitrogens with zero attached hydrogens (tertiary/aromatic N) is 1. The molecule has 1 fully saturated rings. The number of nitrogens with one attached hydrogen (secondary N) is 2. The number of ether oxygens (including phenoxy) is 2. The first-order chi connectivity index (χ1) is 19.9. The molecular formula is C32H37N3O7. The largest absolute Gasteiger partial charge is 0.508 e. The van der Waals surface area contributed by atoms with Gasteiger partial charge in [-0.25, -0.2) is 4.79 Å². The third-order valence-corrected chi connectivity index (χ3v) is 6.65. The minimum absolute atomic E-state index is 0.0224. The minimum atomic E-state index is -1.07. The molecule has 3 aromatic rings. The molecule has 1 saturated carbocycles. The van der Waals surface area contributed by atoms with E-state index in [1.807, 2.05) is 0 Å². The van der Waals surface area contributed by atoms with Crippen molar-refractivity contribution in [3.63, 3.8) is 0 Å². The average molecular weight is 576 g/mol. The first-order valence-corrected chi connectivity index (χ1v) is 13.8. The molecule has 42 heavy (non-hydrogen) atoms. The zero-order chi connectivity index (χ0) is 30.4. The van der Waals surface area contributed by atoms with Gasteiger partial charge < -0.3 is 35.2 Å². The minimum Gasteiger partial charge on any atom is -0.508 e. The van der Waals surface area contributed by atoms with Crippen molar-refractivity contribution in [2.45, 2.75) is 63.8 Å². The summed E-state index contributed by atoms with van der Waals surface area (Å²) in [5.74, 6) is -0.188. The van der Waals surface area contributed by atoms with Gasteiger partial charge in [0.15, 0.2) is 0 Å². The number of hydrogen-bond donors (Lipinski definition) is 4. The van der Waals surface area contributed by atoms with Gasteiger partial charge in [-0.2, -0.15) is 0 Å². The number of phenols is 2. The Hall–Kier alpha value is -4.73. The predicted molar refractivity (Wildman–Crippen MR) is 157 cm³/mol. The van der Waals surface area contributed by atoms with Gasteiger partial charge in [-0.1, -0.05) is 24.3 Å². The van der Waals surface area contributed by atoms with Gasteiger partial charge in [0.25, 0.3) is 5.91 Å². The number of rotatable bonds is 10. The van der Waals surface area contributed by atoms with Crippen molar-refractivity contribution in [3.8, 4) is 17.2 Å². The summed E-state index contributed by atoms with van der Waals surface area (Å²) in [6.45, 7) is 5.18. The number of alkyl carbamates (subject to hydrolysis) is 1. The first kappa shape index (κ1) is 30.2. The van der Waals surface area contributed by atoms with Crippen LogP contribution in [0.2, 0.25) is 0 Å². The fraction of sp³-hybridized carbons (Fsp3) is 0.344. The Morgan fingerprint density at radius 1 is 0.905 bits per heavy atom. The number of hydrogen-bond acceptors (Lipinski definition) is 7. The predicted octanol–water partition coefficient (Wildman–Crippen LogP) is 4.91. The molecule has 0 heterocycles. The first-order valence-electron chi connectivity index (χ1n) is 13.8. The zero-order valence-electron chi connectivity index (χ0n) is 24.2. The number of carbonyl (C=O) groups is 3. The molecule has 0 aliphatic heterocycles. The van der Waals surface area contributed by atoms with Gasteiger partial charge in [-0.05, 0) is 93.3 Å². The number of carbonyl (C=O) groups excluding carboxylic acids is 3. The van der Waals surface area contributed by atoms with Crippen molar-refractivity contribution in [1.29, 1.82) is 0 Å². The van der Waals surface area contributed by atoms with E-state index in [2.05, 4.69) is 10.6 Å². The summed E-state index contributed by atoms with van der Waals surface area (Å²) in [6.07, 6.45) is 0.715. The Balaban J connectivity index is 1.70. The molecule has 10 nitrogen and oxygen atoms in total. The maximum Gasteiger partial charge on any atom is 0.408 e. The van der Waals surface area contributed by atoms with E-state index in [0.717, 1.165) is 0 Å². The monoisotopic (exact) mass is 575 g/mol. The summed E-state index contributed by atoms with van der Waals surface area (Å²) in [5, 5.41) is 25.3. The topological polar surface area (TPSA) is 137 Å². The molecular weight excluding hydrogens is 538 g/mol. The van der Waals surface area contributed by atoms with Crippen LogP contribution in [0.25, 0.3) is 0 Å². The van der Waals surface area contributed by atoms with Gasteiger partial charge in [0.2, 0.25) is 5.91 Å². The number of benzene rings is 3. The van der Waals surface area contributed by atoms with E-state index in [1.54, 1.807) is 76.4 Å². The molecule has 2 atom stereocenters. The van der Waals surface area contributed by atoms with Crippen LogP contribution in [0, 0.1) is 0 Å². The molecule has 4 N–H and O–H groups in total. The molecule has 1 aliphatic carbocycles. The van der Waals surface area contributed by atoms with Crippen LogP contribution in [0.4, 0.5) is 10.5 Å². The van der Waals surface area contributed by atoms with Crippen molar-refractivity contribution in [1.82, 2.24) is 10.2 Å². The summed E-state index contributed by atoms with van der Waals surface area (Å²) in [7, 11) is 1.55. The maximum atomic E-state index is 14.4. The lowest BCUT2D eigenvalue weighted by atomic mass is 9.99. The second kappa shape index (κ2) is 12.8. The quantitative estimate of drug-likeness (QED) is 0.269. The second-order valence-corrected chi connectivity index (χ2v) is 11.3. The third kappa shape index (κ3) is 8.15. The summed E-state index contributed by atoms with van der Waals surface area (Å²) in [5.41, 5.74) is 0.918. The Morgan fingerprint density at radius 3 is 2.00 bits per heavy atom. The molecule has 3 amide bonds. The van der Waals surface area contributed by atoms with Crippen LogP contribution in [0.3, 0.4) is 0 Å². The van der Waals surface area contributed by atoms with Crippen molar-refractivity contribution >= 4 is 23.6 Å². The van der Waals surface area contributed by atoms with Crippen LogP contribution in [0.15, 0.2) is 72.8 Å². The van der Waals surface area contributed by atoms with Crippen LogP contribution in [-0.2, 0) is 20.7 Å². The second-order valence-electron chi connectivity index (χ2n) is 11.3. The third-order valence-electron chi connectivity index (χ3n) is 6.65. The van der Waals surface area contributed by atoms with Gasteiger partial charge in [0, 0.05) is 18.2 Å². The average Bonchev–Trinajstić information content (AvgIpc) is 3.77. The van der Waals surface area contributed by atoms with Crippen LogP contribution in [0.5, 0.6) is 17.2 Å². The Labute approximate surface area is 245 Å². The highest BCUT2D eigenvalue weighted by molar-refractivity contribution is 5.99. The summed E-state index contributed by atoms with van der Waals surface area (Å²) >= 11 is 0. The maximum absolute atomic E-state index is 14.4. The lowest BCUT2D eigenvalue weighted by Crippen LogP contribution is -2.54. The number of aromatic hydroxyl groups is 2. The molecule has 1 aliphatic rings. The molecule has 2 unspecified atom stereocenters. The summed E-state index contributed by atoms with van der Waals surface area (Å²) in [4.78, 5) is 42.7. The molecule has 10 heteroatoms. The lowest BCUT2D eigenvalue weighted by molar-refractivity contribution is -0.141. The number of anilines is 1. The highest BCUT2D eigenvalue weighted by Crippen LogP contribution is 2.37. The summed E-state index contributed by atoms with van der Waals surface area (Å²) in [6, 6.07) is 16.9. The van der Waals surface area contributed by atoms with Gasteiger partial charge in [0.05, 0.1) is 7.11 Å². The fourth-order valence-corrected chi connectivity index (χ4v) is 4.55. The van der Waals surface area contributed by atoms with E-state index in [-0.39, 0.29) is 24.0 Å². The molecule has 0 spiro atoms. The van der Waals surface area contributed by atoms with E-state index in [9.17, 15) is 24.6 Å². The SMILES string of the molecule is COc1ccc(NC(=O)C(c2ccc(O)cc2)N(C(=O)C(Cc2ccc(O)cc2)NC(=O)OC(C)(C)C)C2CC2)cc1. The highest BCUT2D eigenvalue weighted by Gasteiger charge is 2.44. The molecule has 0 aromatic heterocycles. The molecule has 0 bridgehead atoms. The summed E-state index contributed by atoms with van der Waals surface area (Å²) < 4.78 is 10.7. The van der Waals surface area contributed by atoms with Crippen molar-refractivity contribution in [3.05, 3.63) is 83.9 Å². The highest BCUT2D eigenvalue weighted by atomic mass is 16.6. The van der Waals surface area contributed by atoms with Crippen LogP contribution in [0.1, 0.15) is 50.8 Å². The van der Waals surface area contributed by atoms with E-state index in [1.165, 1.54) is 29.2 Å². The van der Waals surface area contributed by atoms with E-state index < -0.39 is 35.6 Å². The van der Waals surface area contributed by atoms with E-state index in [0.29, 0.717) is 35.4 Å². The Kier molecular flexibility index (Phi) is 9.25. The van der Waals surface area contributed by atoms with Crippen LogP contribution in [-0.4, -0.2) is 57.8 Å². The van der Waals surface area contributed by atoms with Gasteiger partial charge in [0.1, 0.15) is 34.9 Å². The zero-order valence-corrected chi connectivity index (χ0v) is 24.2.